The Kier molecular flexibility index (Phi) is 5.40. The number of nitrogens with one attached hydrogen (secondary N) is 3. The zero-order valence-electron chi connectivity index (χ0n) is 15.8. The van der Waals surface area contributed by atoms with Gasteiger partial charge < -0.3 is 15.6 Å². The Hall–Kier alpha value is -3.11. The third-order valence-electron chi connectivity index (χ3n) is 4.97. The highest BCUT2D eigenvalue weighted by Crippen LogP contribution is 2.30. The average Bonchev–Trinajstić information content (AvgIpc) is 3.15. The van der Waals surface area contributed by atoms with Gasteiger partial charge in [-0.05, 0) is 48.5 Å². The summed E-state index contributed by atoms with van der Waals surface area (Å²) in [4.78, 5) is 3.39. The number of anilines is 1. The normalized spacial score (nSPS) is 11.9. The maximum Gasteiger partial charge on any atom is 0.170 e. The molecule has 0 spiro atoms. The second-order valence-corrected chi connectivity index (χ2v) is 7.36. The largest absolute Gasteiger partial charge is 0.361 e. The van der Waals surface area contributed by atoms with E-state index < -0.39 is 0 Å². The van der Waals surface area contributed by atoms with Crippen LogP contribution in [0.1, 0.15) is 22.6 Å². The predicted octanol–water partition coefficient (Wildman–Crippen LogP) is 5.59. The fraction of sp³-hybridized carbons (Fsp3) is 0.125. The highest BCUT2D eigenvalue weighted by atomic mass is 32.1. The van der Waals surface area contributed by atoms with Crippen molar-refractivity contribution in [3.63, 3.8) is 0 Å². The monoisotopic (exact) mass is 385 g/mol. The van der Waals surface area contributed by atoms with Gasteiger partial charge in [-0.3, -0.25) is 0 Å². The summed E-state index contributed by atoms with van der Waals surface area (Å²) in [5.41, 5.74) is 5.91. The first-order valence-electron chi connectivity index (χ1n) is 9.43. The Morgan fingerprint density at radius 1 is 0.929 bits per heavy atom. The third-order valence-corrected chi connectivity index (χ3v) is 5.22. The third kappa shape index (κ3) is 4.07. The number of hydrogen-bond donors (Lipinski definition) is 3. The summed E-state index contributed by atoms with van der Waals surface area (Å²) in [7, 11) is 0. The first-order chi connectivity index (χ1) is 13.7. The van der Waals surface area contributed by atoms with E-state index in [1.807, 2.05) is 18.2 Å². The van der Waals surface area contributed by atoms with Crippen molar-refractivity contribution in [1.29, 1.82) is 0 Å². The minimum atomic E-state index is 0.190. The number of para-hydroxylation sites is 1. The van der Waals surface area contributed by atoms with Gasteiger partial charge in [0, 0.05) is 35.2 Å². The van der Waals surface area contributed by atoms with Crippen LogP contribution in [0.2, 0.25) is 0 Å². The molecule has 0 aliphatic rings. The van der Waals surface area contributed by atoms with Crippen LogP contribution in [0.15, 0.2) is 85.1 Å². The van der Waals surface area contributed by atoms with E-state index in [0.29, 0.717) is 11.7 Å². The maximum absolute atomic E-state index is 5.53. The van der Waals surface area contributed by atoms with Gasteiger partial charge in [-0.2, -0.15) is 0 Å². The molecule has 1 heterocycles. The summed E-state index contributed by atoms with van der Waals surface area (Å²) >= 11 is 5.53. The van der Waals surface area contributed by atoms with Crippen molar-refractivity contribution < 1.29 is 0 Å². The lowest BCUT2D eigenvalue weighted by Gasteiger charge is -2.19. The molecule has 0 unspecified atom stereocenters. The Morgan fingerprint density at radius 3 is 2.43 bits per heavy atom. The molecule has 4 heteroatoms. The van der Waals surface area contributed by atoms with Gasteiger partial charge in [0.15, 0.2) is 5.11 Å². The van der Waals surface area contributed by atoms with Gasteiger partial charge in [0.25, 0.3) is 0 Å². The molecule has 4 rings (SSSR count). The summed E-state index contributed by atoms with van der Waals surface area (Å²) in [5, 5.41) is 8.55. The minimum Gasteiger partial charge on any atom is -0.361 e. The number of hydrogen-bond acceptors (Lipinski definition) is 1. The Bertz CT molecular complexity index is 1070. The van der Waals surface area contributed by atoms with Gasteiger partial charge in [0.2, 0.25) is 0 Å². The van der Waals surface area contributed by atoms with Gasteiger partial charge >= 0.3 is 0 Å². The molecule has 1 aromatic heterocycles. The Morgan fingerprint density at radius 2 is 1.64 bits per heavy atom. The number of rotatable bonds is 5. The molecule has 0 aliphatic heterocycles. The zero-order chi connectivity index (χ0) is 19.3. The summed E-state index contributed by atoms with van der Waals surface area (Å²) in [6.45, 7) is 2.79. The van der Waals surface area contributed by atoms with Gasteiger partial charge in [0.1, 0.15) is 0 Å². The molecule has 28 heavy (non-hydrogen) atoms. The van der Waals surface area contributed by atoms with Crippen molar-refractivity contribution in [2.45, 2.75) is 12.8 Å². The van der Waals surface area contributed by atoms with Crippen LogP contribution >= 0.6 is 12.2 Å². The SMILES string of the molecule is Cc1ccc(NC(=S)NC[C@H](c2ccccc2)c2c[nH]c3ccccc23)cc1. The highest BCUT2D eigenvalue weighted by molar-refractivity contribution is 7.80. The van der Waals surface area contributed by atoms with Gasteiger partial charge in [-0.1, -0.05) is 66.2 Å². The lowest BCUT2D eigenvalue weighted by molar-refractivity contribution is 0.766. The van der Waals surface area contributed by atoms with E-state index in [9.17, 15) is 0 Å². The number of benzene rings is 3. The Balaban J connectivity index is 1.55. The summed E-state index contributed by atoms with van der Waals surface area (Å²) < 4.78 is 0. The van der Waals surface area contributed by atoms with Crippen molar-refractivity contribution in [1.82, 2.24) is 10.3 Å². The lowest BCUT2D eigenvalue weighted by Crippen LogP contribution is -2.32. The quantitative estimate of drug-likeness (QED) is 0.392. The van der Waals surface area contributed by atoms with E-state index in [4.69, 9.17) is 12.2 Å². The van der Waals surface area contributed by atoms with Crippen LogP contribution in [0.3, 0.4) is 0 Å². The second-order valence-electron chi connectivity index (χ2n) is 6.95. The second kappa shape index (κ2) is 8.28. The van der Waals surface area contributed by atoms with E-state index in [1.165, 1.54) is 22.1 Å². The van der Waals surface area contributed by atoms with Crippen molar-refractivity contribution >= 4 is 33.9 Å². The van der Waals surface area contributed by atoms with Crippen LogP contribution in [0.25, 0.3) is 10.9 Å². The fourth-order valence-corrected chi connectivity index (χ4v) is 3.68. The molecule has 3 aromatic carbocycles. The highest BCUT2D eigenvalue weighted by Gasteiger charge is 2.18. The molecule has 0 bridgehead atoms. The molecule has 3 nitrogen and oxygen atoms in total. The van der Waals surface area contributed by atoms with Crippen LogP contribution in [-0.2, 0) is 0 Å². The average molecular weight is 386 g/mol. The molecule has 1 atom stereocenters. The van der Waals surface area contributed by atoms with Gasteiger partial charge in [0.05, 0.1) is 0 Å². The number of aryl methyl sites for hydroxylation is 1. The standard InChI is InChI=1S/C24H23N3S/c1-17-11-13-19(14-12-17)27-24(28)26-15-21(18-7-3-2-4-8-18)22-16-25-23-10-6-5-9-20(22)23/h2-14,16,21,25H,15H2,1H3,(H2,26,27,28)/t21-/m1/s1. The van der Waals surface area contributed by atoms with E-state index >= 15 is 0 Å². The summed E-state index contributed by atoms with van der Waals surface area (Å²) in [6.07, 6.45) is 2.11. The summed E-state index contributed by atoms with van der Waals surface area (Å²) in [5.74, 6) is 0.190. The molecule has 0 amide bonds. The molecular formula is C24H23N3S. The number of fused-ring (bicyclic) bond motifs is 1. The fourth-order valence-electron chi connectivity index (χ4n) is 3.48. The lowest BCUT2D eigenvalue weighted by atomic mass is 9.91. The number of H-pyrrole nitrogens is 1. The van der Waals surface area contributed by atoms with Crippen LogP contribution in [0.4, 0.5) is 5.69 Å². The number of aromatic nitrogens is 1. The molecule has 3 N–H and O–H groups in total. The topological polar surface area (TPSA) is 39.8 Å². The molecule has 0 aliphatic carbocycles. The van der Waals surface area contributed by atoms with Crippen LogP contribution < -0.4 is 10.6 Å². The number of aromatic amines is 1. The first kappa shape index (κ1) is 18.3. The van der Waals surface area contributed by atoms with E-state index in [0.717, 1.165) is 11.2 Å². The Labute approximate surface area is 170 Å². The van der Waals surface area contributed by atoms with Gasteiger partial charge in [-0.15, -0.1) is 0 Å². The van der Waals surface area contributed by atoms with Crippen LogP contribution in [0.5, 0.6) is 0 Å². The molecular weight excluding hydrogens is 362 g/mol. The van der Waals surface area contributed by atoms with Crippen molar-refractivity contribution in [3.8, 4) is 0 Å². The van der Waals surface area contributed by atoms with Crippen molar-refractivity contribution in [3.05, 3.63) is 102 Å². The van der Waals surface area contributed by atoms with Crippen LogP contribution in [-0.4, -0.2) is 16.6 Å². The predicted molar refractivity (Wildman–Crippen MR) is 122 cm³/mol. The van der Waals surface area contributed by atoms with E-state index in [-0.39, 0.29) is 5.92 Å². The van der Waals surface area contributed by atoms with Crippen molar-refractivity contribution in [2.24, 2.45) is 0 Å². The van der Waals surface area contributed by atoms with E-state index in [2.05, 4.69) is 89.4 Å². The molecule has 0 saturated carbocycles. The number of thiocarbonyl (C=S) groups is 1. The van der Waals surface area contributed by atoms with E-state index in [1.54, 1.807) is 0 Å². The minimum absolute atomic E-state index is 0.190. The smallest absolute Gasteiger partial charge is 0.170 e. The molecule has 4 aromatic rings. The van der Waals surface area contributed by atoms with Gasteiger partial charge in [-0.25, -0.2) is 0 Å². The zero-order valence-corrected chi connectivity index (χ0v) is 16.6. The first-order valence-corrected chi connectivity index (χ1v) is 9.84. The maximum atomic E-state index is 5.53. The molecule has 0 fully saturated rings. The van der Waals surface area contributed by atoms with Crippen molar-refractivity contribution in [2.75, 3.05) is 11.9 Å². The molecule has 140 valence electrons. The van der Waals surface area contributed by atoms with Crippen LogP contribution in [0, 0.1) is 6.92 Å². The summed E-state index contributed by atoms with van der Waals surface area (Å²) in [6, 6.07) is 27.2. The molecule has 0 saturated heterocycles. The molecule has 0 radical (unpaired) electrons.